The lowest BCUT2D eigenvalue weighted by Crippen LogP contribution is -2.31. The van der Waals surface area contributed by atoms with Crippen LogP contribution in [-0.2, 0) is 16.0 Å². The number of nitrogens with zero attached hydrogens (tertiary/aromatic N) is 1. The Morgan fingerprint density at radius 1 is 1.00 bits per heavy atom. The summed E-state index contributed by atoms with van der Waals surface area (Å²) in [4.78, 5) is 27.7. The second kappa shape index (κ2) is 10.6. The Hall–Kier alpha value is -4.20. The third kappa shape index (κ3) is 4.79. The van der Waals surface area contributed by atoms with Gasteiger partial charge in [0, 0.05) is 18.2 Å². The molecule has 6 nitrogen and oxygen atoms in total. The van der Waals surface area contributed by atoms with E-state index in [9.17, 15) is 23.5 Å². The first-order chi connectivity index (χ1) is 17.3. The van der Waals surface area contributed by atoms with Crippen molar-refractivity contribution < 1.29 is 33.0 Å². The maximum absolute atomic E-state index is 14.1. The standard InChI is InChI=1S/C28H25F2NO5/c1-3-36-24-15-18(10-14-23(24)35-2)26-25(22(32)13-9-17-7-5-4-6-8-17)27(33)28(34)31(26)19-11-12-20(29)21(30)16-19/h4-8,10-12,14-16,26,33H,3,9,13H2,1-2H3. The van der Waals surface area contributed by atoms with Crippen LogP contribution in [0.5, 0.6) is 11.5 Å². The number of halogens is 2. The van der Waals surface area contributed by atoms with Gasteiger partial charge < -0.3 is 14.6 Å². The molecule has 1 N–H and O–H groups in total. The van der Waals surface area contributed by atoms with Crippen molar-refractivity contribution in [3.63, 3.8) is 0 Å². The molecule has 0 bridgehead atoms. The van der Waals surface area contributed by atoms with Crippen molar-refractivity contribution in [3.8, 4) is 11.5 Å². The molecule has 0 radical (unpaired) electrons. The SMILES string of the molecule is CCOc1cc(C2C(C(=O)CCc3ccccc3)=C(O)C(=O)N2c2ccc(F)c(F)c2)ccc1OC. The summed E-state index contributed by atoms with van der Waals surface area (Å²) < 4.78 is 38.8. The van der Waals surface area contributed by atoms with Crippen molar-refractivity contribution in [2.45, 2.75) is 25.8 Å². The van der Waals surface area contributed by atoms with Crippen LogP contribution in [-0.4, -0.2) is 30.5 Å². The molecule has 1 aliphatic heterocycles. The molecule has 3 aromatic carbocycles. The van der Waals surface area contributed by atoms with Gasteiger partial charge in [0.15, 0.2) is 34.7 Å². The van der Waals surface area contributed by atoms with Crippen molar-refractivity contribution in [2.75, 3.05) is 18.6 Å². The van der Waals surface area contributed by atoms with Crippen LogP contribution in [0, 0.1) is 11.6 Å². The maximum atomic E-state index is 14.1. The van der Waals surface area contributed by atoms with Crippen LogP contribution in [0.2, 0.25) is 0 Å². The van der Waals surface area contributed by atoms with Crippen molar-refractivity contribution in [1.82, 2.24) is 0 Å². The largest absolute Gasteiger partial charge is 0.503 e. The summed E-state index contributed by atoms with van der Waals surface area (Å²) in [5, 5.41) is 10.8. The van der Waals surface area contributed by atoms with E-state index in [-0.39, 0.29) is 17.7 Å². The van der Waals surface area contributed by atoms with Crippen LogP contribution in [0.4, 0.5) is 14.5 Å². The number of carbonyl (C=O) groups excluding carboxylic acids is 2. The smallest absolute Gasteiger partial charge is 0.294 e. The Morgan fingerprint density at radius 2 is 1.75 bits per heavy atom. The quantitative estimate of drug-likeness (QED) is 0.428. The number of carbonyl (C=O) groups is 2. The second-order valence-corrected chi connectivity index (χ2v) is 8.19. The molecule has 0 spiro atoms. The van der Waals surface area contributed by atoms with E-state index >= 15 is 0 Å². The lowest BCUT2D eigenvalue weighted by atomic mass is 9.92. The first-order valence-corrected chi connectivity index (χ1v) is 11.4. The van der Waals surface area contributed by atoms with E-state index in [0.29, 0.717) is 30.1 Å². The van der Waals surface area contributed by atoms with Crippen LogP contribution in [0.15, 0.2) is 78.1 Å². The third-order valence-corrected chi connectivity index (χ3v) is 5.98. The predicted molar refractivity (Wildman–Crippen MR) is 130 cm³/mol. The minimum Gasteiger partial charge on any atom is -0.503 e. The number of aliphatic hydroxyl groups excluding tert-OH is 1. The second-order valence-electron chi connectivity index (χ2n) is 8.19. The number of hydrogen-bond donors (Lipinski definition) is 1. The predicted octanol–water partition coefficient (Wildman–Crippen LogP) is 5.47. The minimum absolute atomic E-state index is 0.00455. The first-order valence-electron chi connectivity index (χ1n) is 11.4. The van der Waals surface area contributed by atoms with Gasteiger partial charge in [-0.15, -0.1) is 0 Å². The summed E-state index contributed by atoms with van der Waals surface area (Å²) in [6.07, 6.45) is 0.433. The fourth-order valence-electron chi connectivity index (χ4n) is 4.28. The monoisotopic (exact) mass is 493 g/mol. The van der Waals surface area contributed by atoms with Crippen LogP contribution in [0.25, 0.3) is 0 Å². The number of anilines is 1. The fourth-order valence-corrected chi connectivity index (χ4v) is 4.28. The Morgan fingerprint density at radius 3 is 2.42 bits per heavy atom. The maximum Gasteiger partial charge on any atom is 0.294 e. The van der Waals surface area contributed by atoms with Gasteiger partial charge in [-0.1, -0.05) is 36.4 Å². The average molecular weight is 494 g/mol. The molecule has 36 heavy (non-hydrogen) atoms. The van der Waals surface area contributed by atoms with Gasteiger partial charge in [-0.05, 0) is 48.7 Å². The number of rotatable bonds is 9. The molecule has 4 rings (SSSR count). The van der Waals surface area contributed by atoms with Gasteiger partial charge in [0.25, 0.3) is 5.91 Å². The number of Topliss-reactive ketones (excluding diaryl/α,β-unsaturated/α-hetero) is 1. The number of amides is 1. The third-order valence-electron chi connectivity index (χ3n) is 5.98. The fraction of sp³-hybridized carbons (Fsp3) is 0.214. The molecule has 1 atom stereocenters. The molecule has 0 fully saturated rings. The summed E-state index contributed by atoms with van der Waals surface area (Å²) in [5.41, 5.74) is 1.24. The normalized spacial score (nSPS) is 15.4. The van der Waals surface area contributed by atoms with Gasteiger partial charge >= 0.3 is 0 Å². The van der Waals surface area contributed by atoms with Gasteiger partial charge in [-0.3, -0.25) is 14.5 Å². The van der Waals surface area contributed by atoms with Crippen LogP contribution < -0.4 is 14.4 Å². The van der Waals surface area contributed by atoms with Gasteiger partial charge in [-0.2, -0.15) is 0 Å². The highest BCUT2D eigenvalue weighted by molar-refractivity contribution is 6.16. The van der Waals surface area contributed by atoms with Crippen LogP contribution >= 0.6 is 0 Å². The van der Waals surface area contributed by atoms with E-state index in [0.717, 1.165) is 22.6 Å². The lowest BCUT2D eigenvalue weighted by molar-refractivity contribution is -0.118. The molecule has 8 heteroatoms. The molecule has 0 saturated carbocycles. The molecule has 1 aliphatic rings. The summed E-state index contributed by atoms with van der Waals surface area (Å²) >= 11 is 0. The van der Waals surface area contributed by atoms with E-state index in [4.69, 9.17) is 9.47 Å². The van der Waals surface area contributed by atoms with Crippen molar-refractivity contribution in [2.24, 2.45) is 0 Å². The zero-order chi connectivity index (χ0) is 25.8. The summed E-state index contributed by atoms with van der Waals surface area (Å²) in [7, 11) is 1.48. The zero-order valence-corrected chi connectivity index (χ0v) is 19.8. The Balaban J connectivity index is 1.79. The number of aryl methyl sites for hydroxylation is 1. The molecule has 1 heterocycles. The number of methoxy groups -OCH3 is 1. The van der Waals surface area contributed by atoms with Gasteiger partial charge in [0.2, 0.25) is 0 Å². The molecule has 0 saturated heterocycles. The van der Waals surface area contributed by atoms with E-state index in [2.05, 4.69) is 0 Å². The zero-order valence-electron chi connectivity index (χ0n) is 19.8. The topological polar surface area (TPSA) is 76.1 Å². The minimum atomic E-state index is -1.16. The van der Waals surface area contributed by atoms with Crippen molar-refractivity contribution in [1.29, 1.82) is 0 Å². The molecule has 1 unspecified atom stereocenters. The van der Waals surface area contributed by atoms with Gasteiger partial charge in [0.1, 0.15) is 0 Å². The first kappa shape index (κ1) is 24.9. The molecule has 186 valence electrons. The van der Waals surface area contributed by atoms with Crippen molar-refractivity contribution in [3.05, 3.63) is 101 Å². The Bertz CT molecular complexity index is 1320. The van der Waals surface area contributed by atoms with E-state index in [1.54, 1.807) is 25.1 Å². The average Bonchev–Trinajstić information content (AvgIpc) is 3.15. The van der Waals surface area contributed by atoms with E-state index in [1.165, 1.54) is 13.2 Å². The lowest BCUT2D eigenvalue weighted by Gasteiger charge is -2.27. The molecular weight excluding hydrogens is 468 g/mol. The highest BCUT2D eigenvalue weighted by Gasteiger charge is 2.44. The Kier molecular flexibility index (Phi) is 7.33. The van der Waals surface area contributed by atoms with Crippen LogP contribution in [0.3, 0.4) is 0 Å². The summed E-state index contributed by atoms with van der Waals surface area (Å²) in [5.74, 6) is -3.48. The molecule has 0 aromatic heterocycles. The molecule has 0 aliphatic carbocycles. The van der Waals surface area contributed by atoms with Gasteiger partial charge in [0.05, 0.1) is 25.3 Å². The van der Waals surface area contributed by atoms with Gasteiger partial charge in [-0.25, -0.2) is 8.78 Å². The summed E-state index contributed by atoms with van der Waals surface area (Å²) in [6, 6.07) is 16.1. The Labute approximate surface area is 207 Å². The highest BCUT2D eigenvalue weighted by atomic mass is 19.2. The number of ketones is 1. The van der Waals surface area contributed by atoms with E-state index in [1.807, 2.05) is 30.3 Å². The number of hydrogen-bond acceptors (Lipinski definition) is 5. The number of benzene rings is 3. The molecule has 1 amide bonds. The number of aliphatic hydroxyl groups is 1. The highest BCUT2D eigenvalue weighted by Crippen LogP contribution is 2.43. The molecular formula is C28H25F2NO5. The number of ether oxygens (including phenoxy) is 2. The van der Waals surface area contributed by atoms with Crippen molar-refractivity contribution >= 4 is 17.4 Å². The van der Waals surface area contributed by atoms with E-state index < -0.39 is 35.1 Å². The summed E-state index contributed by atoms with van der Waals surface area (Å²) in [6.45, 7) is 2.13. The molecule has 3 aromatic rings. The van der Waals surface area contributed by atoms with Crippen LogP contribution in [0.1, 0.15) is 30.5 Å².